The van der Waals surface area contributed by atoms with Gasteiger partial charge in [0, 0.05) is 21.3 Å². The average molecular weight is 450 g/mol. The molecule has 150 valence electrons. The fourth-order valence-electron chi connectivity index (χ4n) is 2.52. The van der Waals surface area contributed by atoms with Crippen molar-refractivity contribution in [2.75, 3.05) is 25.3 Å². The first-order valence-corrected chi connectivity index (χ1v) is 10.2. The lowest BCUT2D eigenvalue weighted by molar-refractivity contribution is -0.113. The number of rotatable bonds is 7. The standard InChI is InChI=1S/C20H17Cl2N3O3S/c1-27-15-3-5-18(28-2)16(10-15)17-4-6-20(25-24-17)29-11-19(26)23-14-8-12(21)7-13(22)9-14/h3-10H,11H2,1-2H3,(H,23,26). The molecule has 29 heavy (non-hydrogen) atoms. The molecule has 0 aliphatic rings. The van der Waals surface area contributed by atoms with E-state index in [1.54, 1.807) is 38.5 Å². The zero-order chi connectivity index (χ0) is 20.8. The van der Waals surface area contributed by atoms with Gasteiger partial charge in [-0.15, -0.1) is 10.2 Å². The maximum absolute atomic E-state index is 12.2. The molecule has 6 nitrogen and oxygen atoms in total. The quantitative estimate of drug-likeness (QED) is 0.499. The van der Waals surface area contributed by atoms with E-state index >= 15 is 0 Å². The summed E-state index contributed by atoms with van der Waals surface area (Å²) in [5.74, 6) is 1.33. The summed E-state index contributed by atoms with van der Waals surface area (Å²) in [4.78, 5) is 12.2. The van der Waals surface area contributed by atoms with Crippen LogP contribution in [0.3, 0.4) is 0 Å². The molecule has 0 unspecified atom stereocenters. The molecule has 3 aromatic rings. The van der Waals surface area contributed by atoms with E-state index in [-0.39, 0.29) is 11.7 Å². The topological polar surface area (TPSA) is 73.3 Å². The highest BCUT2D eigenvalue weighted by Gasteiger charge is 2.11. The molecule has 2 aromatic carbocycles. The van der Waals surface area contributed by atoms with Crippen molar-refractivity contribution in [1.29, 1.82) is 0 Å². The Kier molecular flexibility index (Phi) is 7.19. The first-order chi connectivity index (χ1) is 14.0. The summed E-state index contributed by atoms with van der Waals surface area (Å²) in [6.07, 6.45) is 0. The minimum Gasteiger partial charge on any atom is -0.497 e. The molecule has 1 N–H and O–H groups in total. The number of hydrogen-bond acceptors (Lipinski definition) is 6. The van der Waals surface area contributed by atoms with Gasteiger partial charge in [-0.2, -0.15) is 0 Å². The Balaban J connectivity index is 1.64. The second kappa shape index (κ2) is 9.82. The second-order valence-electron chi connectivity index (χ2n) is 5.82. The number of nitrogens with one attached hydrogen (secondary N) is 1. The third-order valence-corrected chi connectivity index (χ3v) is 5.18. The average Bonchev–Trinajstić information content (AvgIpc) is 2.71. The molecule has 0 bridgehead atoms. The number of amides is 1. The normalized spacial score (nSPS) is 10.5. The molecule has 0 fully saturated rings. The third kappa shape index (κ3) is 5.76. The molecule has 0 aliphatic carbocycles. The molecular formula is C20H17Cl2N3O3S. The molecule has 1 aromatic heterocycles. The van der Waals surface area contributed by atoms with Crippen molar-refractivity contribution in [1.82, 2.24) is 10.2 Å². The summed E-state index contributed by atoms with van der Waals surface area (Å²) in [6.45, 7) is 0. The fourth-order valence-corrected chi connectivity index (χ4v) is 3.66. The van der Waals surface area contributed by atoms with Crippen molar-refractivity contribution >= 4 is 46.6 Å². The number of methoxy groups -OCH3 is 2. The van der Waals surface area contributed by atoms with Gasteiger partial charge in [-0.05, 0) is 48.5 Å². The predicted molar refractivity (Wildman–Crippen MR) is 116 cm³/mol. The summed E-state index contributed by atoms with van der Waals surface area (Å²) in [6, 6.07) is 13.9. The van der Waals surface area contributed by atoms with Crippen LogP contribution in [0.4, 0.5) is 5.69 Å². The van der Waals surface area contributed by atoms with E-state index in [9.17, 15) is 4.79 Å². The number of halogens is 2. The largest absolute Gasteiger partial charge is 0.497 e. The Labute approximate surface area is 182 Å². The molecule has 0 saturated heterocycles. The first-order valence-electron chi connectivity index (χ1n) is 8.43. The van der Waals surface area contributed by atoms with Crippen LogP contribution >= 0.6 is 35.0 Å². The van der Waals surface area contributed by atoms with Gasteiger partial charge in [0.1, 0.15) is 16.5 Å². The monoisotopic (exact) mass is 449 g/mol. The number of benzene rings is 2. The molecule has 0 atom stereocenters. The molecular weight excluding hydrogens is 433 g/mol. The fraction of sp³-hybridized carbons (Fsp3) is 0.150. The minimum absolute atomic E-state index is 0.167. The molecule has 3 rings (SSSR count). The van der Waals surface area contributed by atoms with Crippen LogP contribution in [0.25, 0.3) is 11.3 Å². The number of ether oxygens (including phenoxy) is 2. The van der Waals surface area contributed by atoms with Crippen molar-refractivity contribution in [3.8, 4) is 22.8 Å². The van der Waals surface area contributed by atoms with Crippen LogP contribution < -0.4 is 14.8 Å². The molecule has 0 aliphatic heterocycles. The first kappa shape index (κ1) is 21.2. The molecule has 0 saturated carbocycles. The van der Waals surface area contributed by atoms with Crippen molar-refractivity contribution < 1.29 is 14.3 Å². The molecule has 0 radical (unpaired) electrons. The van der Waals surface area contributed by atoms with E-state index in [0.717, 1.165) is 5.56 Å². The Morgan fingerprint density at radius 3 is 2.38 bits per heavy atom. The van der Waals surface area contributed by atoms with Crippen molar-refractivity contribution in [3.05, 3.63) is 58.6 Å². The maximum atomic E-state index is 12.2. The van der Waals surface area contributed by atoms with Gasteiger partial charge in [0.15, 0.2) is 0 Å². The van der Waals surface area contributed by atoms with Gasteiger partial charge in [-0.1, -0.05) is 35.0 Å². The van der Waals surface area contributed by atoms with Crippen molar-refractivity contribution in [2.45, 2.75) is 5.03 Å². The van der Waals surface area contributed by atoms with Gasteiger partial charge >= 0.3 is 0 Å². The number of aromatic nitrogens is 2. The number of carbonyl (C=O) groups excluding carboxylic acids is 1. The van der Waals surface area contributed by atoms with Crippen molar-refractivity contribution in [2.24, 2.45) is 0 Å². The molecule has 0 spiro atoms. The summed E-state index contributed by atoms with van der Waals surface area (Å²) in [5.41, 5.74) is 1.95. The Morgan fingerprint density at radius 2 is 1.76 bits per heavy atom. The van der Waals surface area contributed by atoms with Gasteiger partial charge in [0.2, 0.25) is 5.91 Å². The number of carbonyl (C=O) groups is 1. The van der Waals surface area contributed by atoms with Crippen LogP contribution in [0.2, 0.25) is 10.0 Å². The zero-order valence-corrected chi connectivity index (χ0v) is 17.9. The number of thioether (sulfide) groups is 1. The lowest BCUT2D eigenvalue weighted by Crippen LogP contribution is -2.14. The maximum Gasteiger partial charge on any atom is 0.234 e. The van der Waals surface area contributed by atoms with Crippen molar-refractivity contribution in [3.63, 3.8) is 0 Å². The van der Waals surface area contributed by atoms with E-state index in [2.05, 4.69) is 15.5 Å². The predicted octanol–water partition coefficient (Wildman–Crippen LogP) is 5.20. The number of hydrogen-bond donors (Lipinski definition) is 1. The highest BCUT2D eigenvalue weighted by molar-refractivity contribution is 7.99. The number of anilines is 1. The third-order valence-electron chi connectivity index (χ3n) is 3.82. The Hall–Kier alpha value is -2.48. The van der Waals surface area contributed by atoms with Gasteiger partial charge in [0.25, 0.3) is 0 Å². The summed E-state index contributed by atoms with van der Waals surface area (Å²) >= 11 is 13.1. The van der Waals surface area contributed by atoms with Gasteiger partial charge in [-0.3, -0.25) is 4.79 Å². The minimum atomic E-state index is -0.200. The highest BCUT2D eigenvalue weighted by Crippen LogP contribution is 2.32. The molecule has 1 heterocycles. The van der Waals surface area contributed by atoms with Crippen LogP contribution in [0.15, 0.2) is 53.6 Å². The van der Waals surface area contributed by atoms with Gasteiger partial charge < -0.3 is 14.8 Å². The summed E-state index contributed by atoms with van der Waals surface area (Å²) < 4.78 is 10.6. The van der Waals surface area contributed by atoms with Crippen LogP contribution in [-0.2, 0) is 4.79 Å². The Morgan fingerprint density at radius 1 is 1.00 bits per heavy atom. The highest BCUT2D eigenvalue weighted by atomic mass is 35.5. The molecule has 1 amide bonds. The van der Waals surface area contributed by atoms with Crippen LogP contribution in [-0.4, -0.2) is 36.1 Å². The van der Waals surface area contributed by atoms with Crippen LogP contribution in [0.5, 0.6) is 11.5 Å². The zero-order valence-electron chi connectivity index (χ0n) is 15.6. The van der Waals surface area contributed by atoms with E-state index in [4.69, 9.17) is 32.7 Å². The lowest BCUT2D eigenvalue weighted by atomic mass is 10.1. The van der Waals surface area contributed by atoms with E-state index < -0.39 is 0 Å². The van der Waals surface area contributed by atoms with Gasteiger partial charge in [0.05, 0.1) is 25.7 Å². The summed E-state index contributed by atoms with van der Waals surface area (Å²) in [7, 11) is 3.19. The van der Waals surface area contributed by atoms with Crippen LogP contribution in [0, 0.1) is 0 Å². The smallest absolute Gasteiger partial charge is 0.234 e. The number of nitrogens with zero attached hydrogens (tertiary/aromatic N) is 2. The summed E-state index contributed by atoms with van der Waals surface area (Å²) in [5, 5.41) is 12.7. The van der Waals surface area contributed by atoms with E-state index in [1.165, 1.54) is 11.8 Å². The van der Waals surface area contributed by atoms with Crippen LogP contribution in [0.1, 0.15) is 0 Å². The van der Waals surface area contributed by atoms with E-state index in [0.29, 0.717) is 38.0 Å². The SMILES string of the molecule is COc1ccc(OC)c(-c2ccc(SCC(=O)Nc3cc(Cl)cc(Cl)c3)nn2)c1. The Bertz CT molecular complexity index is 996. The second-order valence-corrected chi connectivity index (χ2v) is 7.69. The van der Waals surface area contributed by atoms with Gasteiger partial charge in [-0.25, -0.2) is 0 Å². The van der Waals surface area contributed by atoms with E-state index in [1.807, 2.05) is 24.3 Å². The molecule has 9 heteroatoms. The lowest BCUT2D eigenvalue weighted by Gasteiger charge is -2.10.